The van der Waals surface area contributed by atoms with E-state index in [9.17, 15) is 18.8 Å². The van der Waals surface area contributed by atoms with Gasteiger partial charge in [-0.3, -0.25) is 14.9 Å². The number of nitrogens with zero attached hydrogens (tertiary/aromatic N) is 1. The van der Waals surface area contributed by atoms with Crippen molar-refractivity contribution >= 4 is 23.4 Å². The summed E-state index contributed by atoms with van der Waals surface area (Å²) in [5, 5.41) is 5.72. The first kappa shape index (κ1) is 19.4. The summed E-state index contributed by atoms with van der Waals surface area (Å²) in [6.07, 6.45) is -0.677. The summed E-state index contributed by atoms with van der Waals surface area (Å²) in [6, 6.07) is 12.5. The second kappa shape index (κ2) is 7.31. The van der Waals surface area contributed by atoms with Crippen molar-refractivity contribution in [3.8, 4) is 0 Å². The average Bonchev–Trinajstić information content (AvgIpc) is 3.05. The van der Waals surface area contributed by atoms with Crippen molar-refractivity contribution in [2.45, 2.75) is 12.1 Å². The van der Waals surface area contributed by atoms with Crippen LogP contribution in [0.3, 0.4) is 0 Å². The van der Waals surface area contributed by atoms with Crippen molar-refractivity contribution < 1.29 is 23.5 Å². The molecule has 158 valence electrons. The molecule has 1 saturated heterocycles. The van der Waals surface area contributed by atoms with Crippen LogP contribution in [0.2, 0.25) is 0 Å². The number of benzene rings is 2. The van der Waals surface area contributed by atoms with Crippen molar-refractivity contribution in [1.29, 1.82) is 0 Å². The zero-order valence-electron chi connectivity index (χ0n) is 16.7. The molecule has 2 aromatic rings. The number of imide groups is 1. The standard InChI is InChI=1S/C23H20FN3O4/c1-31-11-10-27-21-18(22(29)26-23(27)30)16(12-6-8-13(24)9-7-12)17-19(25-21)14-4-2-3-5-15(14)20(17)28/h2-9,16,18,21,25H,10-11H2,1H3,(H,26,29,30). The van der Waals surface area contributed by atoms with E-state index in [0.29, 0.717) is 22.4 Å². The van der Waals surface area contributed by atoms with E-state index in [1.807, 2.05) is 12.1 Å². The second-order valence-corrected chi connectivity index (χ2v) is 7.79. The summed E-state index contributed by atoms with van der Waals surface area (Å²) in [7, 11) is 1.53. The maximum absolute atomic E-state index is 13.6. The number of amides is 3. The molecule has 1 fully saturated rings. The van der Waals surface area contributed by atoms with Crippen molar-refractivity contribution in [2.75, 3.05) is 20.3 Å². The molecule has 31 heavy (non-hydrogen) atoms. The van der Waals surface area contributed by atoms with Gasteiger partial charge in [0.05, 0.1) is 18.2 Å². The third-order valence-corrected chi connectivity index (χ3v) is 6.15. The molecule has 3 atom stereocenters. The van der Waals surface area contributed by atoms with E-state index in [4.69, 9.17) is 4.74 Å². The summed E-state index contributed by atoms with van der Waals surface area (Å²) < 4.78 is 18.8. The predicted molar refractivity (Wildman–Crippen MR) is 109 cm³/mol. The number of urea groups is 1. The van der Waals surface area contributed by atoms with Gasteiger partial charge < -0.3 is 15.0 Å². The lowest BCUT2D eigenvalue weighted by molar-refractivity contribution is -0.129. The van der Waals surface area contributed by atoms with Crippen LogP contribution in [0.15, 0.2) is 54.1 Å². The zero-order valence-corrected chi connectivity index (χ0v) is 16.7. The lowest BCUT2D eigenvalue weighted by Gasteiger charge is -2.47. The van der Waals surface area contributed by atoms with Crippen LogP contribution < -0.4 is 10.6 Å². The molecule has 0 saturated carbocycles. The van der Waals surface area contributed by atoms with Crippen LogP contribution in [0, 0.1) is 11.7 Å². The van der Waals surface area contributed by atoms with Crippen LogP contribution in [0.5, 0.6) is 0 Å². The normalized spacial score (nSPS) is 24.4. The van der Waals surface area contributed by atoms with Crippen molar-refractivity contribution in [3.63, 3.8) is 0 Å². The molecule has 7 nitrogen and oxygen atoms in total. The summed E-state index contributed by atoms with van der Waals surface area (Å²) in [5.74, 6) is -2.45. The van der Waals surface area contributed by atoms with Gasteiger partial charge in [-0.15, -0.1) is 0 Å². The van der Waals surface area contributed by atoms with E-state index >= 15 is 0 Å². The van der Waals surface area contributed by atoms with Crippen LogP contribution >= 0.6 is 0 Å². The number of hydrogen-bond acceptors (Lipinski definition) is 5. The average molecular weight is 421 g/mol. The van der Waals surface area contributed by atoms with Gasteiger partial charge >= 0.3 is 6.03 Å². The number of carbonyl (C=O) groups excluding carboxylic acids is 3. The van der Waals surface area contributed by atoms with Crippen LogP contribution in [-0.4, -0.2) is 49.0 Å². The number of hydrogen-bond donors (Lipinski definition) is 2. The number of carbonyl (C=O) groups is 3. The highest BCUT2D eigenvalue weighted by Gasteiger charge is 2.53. The Balaban J connectivity index is 1.69. The van der Waals surface area contributed by atoms with Gasteiger partial charge in [-0.25, -0.2) is 9.18 Å². The van der Waals surface area contributed by atoms with Gasteiger partial charge in [-0.05, 0) is 17.7 Å². The van der Waals surface area contributed by atoms with E-state index in [0.717, 1.165) is 5.56 Å². The number of rotatable bonds is 4. The van der Waals surface area contributed by atoms with Gasteiger partial charge in [0.15, 0.2) is 5.78 Å². The Morgan fingerprint density at radius 3 is 2.45 bits per heavy atom. The fourth-order valence-electron chi connectivity index (χ4n) is 4.78. The fourth-order valence-corrected chi connectivity index (χ4v) is 4.78. The number of nitrogens with one attached hydrogen (secondary N) is 2. The highest BCUT2D eigenvalue weighted by molar-refractivity contribution is 6.22. The molecule has 0 bridgehead atoms. The van der Waals surface area contributed by atoms with Crippen molar-refractivity contribution in [2.24, 2.45) is 5.92 Å². The monoisotopic (exact) mass is 421 g/mol. The first-order valence-electron chi connectivity index (χ1n) is 10.0. The summed E-state index contributed by atoms with van der Waals surface area (Å²) >= 11 is 0. The molecule has 2 aromatic carbocycles. The molecule has 2 heterocycles. The van der Waals surface area contributed by atoms with Gasteiger partial charge in [0.1, 0.15) is 12.0 Å². The molecule has 0 aromatic heterocycles. The molecule has 3 aliphatic rings. The third kappa shape index (κ3) is 2.94. The van der Waals surface area contributed by atoms with E-state index in [1.165, 1.54) is 24.1 Å². The van der Waals surface area contributed by atoms with Crippen LogP contribution in [0.25, 0.3) is 5.70 Å². The first-order valence-corrected chi connectivity index (χ1v) is 10.0. The smallest absolute Gasteiger partial charge is 0.325 e. The molecule has 2 aliphatic heterocycles. The molecular formula is C23H20FN3O4. The first-order chi connectivity index (χ1) is 15.0. The number of Topliss-reactive ketones (excluding diaryl/α,β-unsaturated/α-hetero) is 1. The Bertz CT molecular complexity index is 1130. The molecule has 0 radical (unpaired) electrons. The van der Waals surface area contributed by atoms with E-state index in [-0.39, 0.29) is 18.9 Å². The molecule has 3 amide bonds. The van der Waals surface area contributed by atoms with Crippen molar-refractivity contribution in [3.05, 3.63) is 76.6 Å². The van der Waals surface area contributed by atoms with E-state index in [1.54, 1.807) is 24.3 Å². The molecular weight excluding hydrogens is 401 g/mol. The van der Waals surface area contributed by atoms with Gasteiger partial charge in [-0.2, -0.15) is 0 Å². The number of fused-ring (bicyclic) bond motifs is 3. The molecule has 0 spiro atoms. The number of ketones is 1. The Morgan fingerprint density at radius 1 is 1.03 bits per heavy atom. The Labute approximate surface area is 177 Å². The van der Waals surface area contributed by atoms with Gasteiger partial charge in [0.25, 0.3) is 0 Å². The molecule has 5 rings (SSSR count). The maximum Gasteiger partial charge on any atom is 0.325 e. The lowest BCUT2D eigenvalue weighted by Crippen LogP contribution is -2.67. The number of ether oxygens (including phenoxy) is 1. The Morgan fingerprint density at radius 2 is 1.74 bits per heavy atom. The maximum atomic E-state index is 13.6. The third-order valence-electron chi connectivity index (χ3n) is 6.15. The highest BCUT2D eigenvalue weighted by Crippen LogP contribution is 2.48. The molecule has 8 heteroatoms. The van der Waals surface area contributed by atoms with Gasteiger partial charge in [0, 0.05) is 36.3 Å². The fraction of sp³-hybridized carbons (Fsp3) is 0.261. The SMILES string of the molecule is COCCN1C(=O)NC(=O)C2C(c3ccc(F)cc3)C3=C(NC21)c1ccccc1C3=O. The largest absolute Gasteiger partial charge is 0.383 e. The topological polar surface area (TPSA) is 87.7 Å². The quantitative estimate of drug-likeness (QED) is 0.791. The molecule has 2 N–H and O–H groups in total. The Kier molecular flexibility index (Phi) is 4.59. The highest BCUT2D eigenvalue weighted by atomic mass is 19.1. The minimum atomic E-state index is -0.767. The van der Waals surface area contributed by atoms with Crippen LogP contribution in [-0.2, 0) is 9.53 Å². The number of halogens is 1. The number of methoxy groups -OCH3 is 1. The molecule has 1 aliphatic carbocycles. The Hall–Kier alpha value is -3.52. The molecule has 3 unspecified atom stereocenters. The zero-order chi connectivity index (χ0) is 21.7. The summed E-state index contributed by atoms with van der Waals surface area (Å²) in [4.78, 5) is 40.6. The van der Waals surface area contributed by atoms with Crippen LogP contribution in [0.4, 0.5) is 9.18 Å². The van der Waals surface area contributed by atoms with Crippen LogP contribution in [0.1, 0.15) is 27.4 Å². The van der Waals surface area contributed by atoms with Gasteiger partial charge in [-0.1, -0.05) is 36.4 Å². The number of allylic oxidation sites excluding steroid dienone is 1. The lowest BCUT2D eigenvalue weighted by atomic mass is 9.73. The van der Waals surface area contributed by atoms with Crippen molar-refractivity contribution in [1.82, 2.24) is 15.5 Å². The summed E-state index contributed by atoms with van der Waals surface area (Å²) in [6.45, 7) is 0.549. The minimum absolute atomic E-state index is 0.168. The second-order valence-electron chi connectivity index (χ2n) is 7.79. The van der Waals surface area contributed by atoms with E-state index < -0.39 is 35.8 Å². The summed E-state index contributed by atoms with van der Waals surface area (Å²) in [5.41, 5.74) is 2.99. The predicted octanol–water partition coefficient (Wildman–Crippen LogP) is 2.26. The van der Waals surface area contributed by atoms with Gasteiger partial charge in [0.2, 0.25) is 5.91 Å². The van der Waals surface area contributed by atoms with E-state index in [2.05, 4.69) is 10.6 Å². The minimum Gasteiger partial charge on any atom is -0.383 e.